The average molecular weight is 264 g/mol. The van der Waals surface area contributed by atoms with Crippen LogP contribution >= 0.6 is 27.3 Å². The number of aromatic nitrogens is 1. The van der Waals surface area contributed by atoms with Gasteiger partial charge in [0.25, 0.3) is 0 Å². The molecule has 0 unspecified atom stereocenters. The van der Waals surface area contributed by atoms with Crippen LogP contribution in [0.5, 0.6) is 0 Å². The van der Waals surface area contributed by atoms with Gasteiger partial charge in [-0.1, -0.05) is 0 Å². The van der Waals surface area contributed by atoms with Crippen molar-refractivity contribution in [2.45, 2.75) is 26.4 Å². The monoisotopic (exact) mass is 263 g/mol. The van der Waals surface area contributed by atoms with Crippen LogP contribution in [0.4, 0.5) is 0 Å². The molecule has 0 aliphatic carbocycles. The van der Waals surface area contributed by atoms with Crippen molar-refractivity contribution in [2.24, 2.45) is 0 Å². The van der Waals surface area contributed by atoms with Crippen LogP contribution in [-0.4, -0.2) is 16.6 Å². The van der Waals surface area contributed by atoms with Crippen LogP contribution in [0.3, 0.4) is 0 Å². The molecule has 0 aromatic carbocycles. The SMILES string of the molecule is CC(C)(C)OC(=O)c1nc(Br)cs1. The lowest BCUT2D eigenvalue weighted by atomic mass is 10.2. The first-order chi connectivity index (χ1) is 5.88. The average Bonchev–Trinajstić information content (AvgIpc) is 2.31. The standard InChI is InChI=1S/C8H10BrNO2S/c1-8(2,3)12-7(11)6-10-5(9)4-13-6/h4H,1-3H3. The van der Waals surface area contributed by atoms with E-state index in [1.165, 1.54) is 11.3 Å². The van der Waals surface area contributed by atoms with E-state index >= 15 is 0 Å². The summed E-state index contributed by atoms with van der Waals surface area (Å²) in [5.74, 6) is -0.372. The Morgan fingerprint density at radius 1 is 1.62 bits per heavy atom. The van der Waals surface area contributed by atoms with Crippen molar-refractivity contribution in [1.82, 2.24) is 4.98 Å². The molecule has 1 aromatic rings. The molecule has 0 N–H and O–H groups in total. The molecule has 0 bridgehead atoms. The summed E-state index contributed by atoms with van der Waals surface area (Å²) in [6, 6.07) is 0. The Kier molecular flexibility index (Phi) is 3.08. The van der Waals surface area contributed by atoms with Crippen molar-refractivity contribution in [3.8, 4) is 0 Å². The fraction of sp³-hybridized carbons (Fsp3) is 0.500. The van der Waals surface area contributed by atoms with Crippen LogP contribution < -0.4 is 0 Å². The molecular formula is C8H10BrNO2S. The number of rotatable bonds is 1. The van der Waals surface area contributed by atoms with Crippen molar-refractivity contribution in [2.75, 3.05) is 0 Å². The van der Waals surface area contributed by atoms with E-state index in [9.17, 15) is 4.79 Å². The Morgan fingerprint density at radius 2 is 2.23 bits per heavy atom. The smallest absolute Gasteiger partial charge is 0.367 e. The second-order valence-electron chi connectivity index (χ2n) is 3.48. The number of halogens is 1. The maximum atomic E-state index is 11.4. The third-order valence-electron chi connectivity index (χ3n) is 1.05. The van der Waals surface area contributed by atoms with E-state index in [0.29, 0.717) is 9.61 Å². The normalized spacial score (nSPS) is 11.4. The van der Waals surface area contributed by atoms with Gasteiger partial charge in [-0.05, 0) is 36.7 Å². The molecule has 72 valence electrons. The van der Waals surface area contributed by atoms with Crippen molar-refractivity contribution in [3.63, 3.8) is 0 Å². The maximum Gasteiger partial charge on any atom is 0.367 e. The fourth-order valence-electron chi connectivity index (χ4n) is 0.670. The van der Waals surface area contributed by atoms with Crippen LogP contribution in [0.2, 0.25) is 0 Å². The second kappa shape index (κ2) is 3.75. The Bertz CT molecular complexity index is 316. The zero-order valence-corrected chi connectivity index (χ0v) is 10.0. The summed E-state index contributed by atoms with van der Waals surface area (Å²) in [7, 11) is 0. The largest absolute Gasteiger partial charge is 0.455 e. The number of thiazole rings is 1. The van der Waals surface area contributed by atoms with Gasteiger partial charge in [-0.2, -0.15) is 0 Å². The molecule has 0 saturated carbocycles. The van der Waals surface area contributed by atoms with E-state index in [-0.39, 0.29) is 5.97 Å². The summed E-state index contributed by atoms with van der Waals surface area (Å²) >= 11 is 4.44. The molecule has 0 saturated heterocycles. The Hall–Kier alpha value is -0.420. The summed E-state index contributed by atoms with van der Waals surface area (Å²) in [6.07, 6.45) is 0. The molecule has 0 aliphatic rings. The van der Waals surface area contributed by atoms with E-state index in [2.05, 4.69) is 20.9 Å². The van der Waals surface area contributed by atoms with Gasteiger partial charge in [0.1, 0.15) is 10.2 Å². The minimum Gasteiger partial charge on any atom is -0.455 e. The molecule has 1 rings (SSSR count). The maximum absolute atomic E-state index is 11.4. The number of hydrogen-bond acceptors (Lipinski definition) is 4. The zero-order chi connectivity index (χ0) is 10.1. The molecule has 0 amide bonds. The minimum absolute atomic E-state index is 0.372. The Labute approximate surface area is 89.3 Å². The van der Waals surface area contributed by atoms with Crippen LogP contribution in [0.15, 0.2) is 9.98 Å². The third kappa shape index (κ3) is 3.44. The zero-order valence-electron chi connectivity index (χ0n) is 7.63. The number of hydrogen-bond donors (Lipinski definition) is 0. The first kappa shape index (κ1) is 10.7. The first-order valence-corrected chi connectivity index (χ1v) is 5.40. The van der Waals surface area contributed by atoms with Gasteiger partial charge in [-0.3, -0.25) is 0 Å². The van der Waals surface area contributed by atoms with E-state index in [1.807, 2.05) is 20.8 Å². The summed E-state index contributed by atoms with van der Waals surface area (Å²) in [4.78, 5) is 15.3. The number of carbonyl (C=O) groups excluding carboxylic acids is 1. The van der Waals surface area contributed by atoms with Crippen LogP contribution in [0, 0.1) is 0 Å². The lowest BCUT2D eigenvalue weighted by Gasteiger charge is -2.18. The molecule has 0 atom stereocenters. The highest BCUT2D eigenvalue weighted by Crippen LogP contribution is 2.18. The summed E-state index contributed by atoms with van der Waals surface area (Å²) in [6.45, 7) is 5.48. The second-order valence-corrected chi connectivity index (χ2v) is 5.15. The number of esters is 1. The van der Waals surface area contributed by atoms with Crippen molar-refractivity contribution >= 4 is 33.2 Å². The Morgan fingerprint density at radius 3 is 2.62 bits per heavy atom. The Balaban J connectivity index is 2.70. The van der Waals surface area contributed by atoms with Gasteiger partial charge in [0.05, 0.1) is 0 Å². The summed E-state index contributed by atoms with van der Waals surface area (Å²) < 4.78 is 5.79. The fourth-order valence-corrected chi connectivity index (χ4v) is 1.80. The molecule has 5 heteroatoms. The van der Waals surface area contributed by atoms with E-state index in [4.69, 9.17) is 4.74 Å². The van der Waals surface area contributed by atoms with Gasteiger partial charge in [0, 0.05) is 5.38 Å². The minimum atomic E-state index is -0.463. The van der Waals surface area contributed by atoms with E-state index in [0.717, 1.165) is 0 Å². The highest BCUT2D eigenvalue weighted by atomic mass is 79.9. The highest BCUT2D eigenvalue weighted by molar-refractivity contribution is 9.10. The van der Waals surface area contributed by atoms with E-state index < -0.39 is 5.60 Å². The van der Waals surface area contributed by atoms with Gasteiger partial charge in [0.2, 0.25) is 5.01 Å². The third-order valence-corrected chi connectivity index (χ3v) is 2.58. The van der Waals surface area contributed by atoms with Crippen LogP contribution in [0.1, 0.15) is 30.6 Å². The summed E-state index contributed by atoms with van der Waals surface area (Å²) in [5.41, 5.74) is -0.463. The van der Waals surface area contributed by atoms with Crippen LogP contribution in [-0.2, 0) is 4.74 Å². The predicted octanol–water partition coefficient (Wildman–Crippen LogP) is 2.86. The van der Waals surface area contributed by atoms with Gasteiger partial charge in [-0.15, -0.1) is 11.3 Å². The van der Waals surface area contributed by atoms with E-state index in [1.54, 1.807) is 5.38 Å². The number of carbonyl (C=O) groups is 1. The molecule has 0 fully saturated rings. The van der Waals surface area contributed by atoms with Gasteiger partial charge in [0.15, 0.2) is 0 Å². The molecule has 13 heavy (non-hydrogen) atoms. The van der Waals surface area contributed by atoms with Crippen molar-refractivity contribution in [1.29, 1.82) is 0 Å². The number of ether oxygens (including phenoxy) is 1. The van der Waals surface area contributed by atoms with Crippen LogP contribution in [0.25, 0.3) is 0 Å². The lowest BCUT2D eigenvalue weighted by molar-refractivity contribution is 0.00691. The van der Waals surface area contributed by atoms with Gasteiger partial charge < -0.3 is 4.74 Å². The molecule has 3 nitrogen and oxygen atoms in total. The first-order valence-electron chi connectivity index (χ1n) is 3.73. The predicted molar refractivity (Wildman–Crippen MR) is 55.0 cm³/mol. The molecule has 1 aromatic heterocycles. The molecule has 0 aliphatic heterocycles. The molecule has 0 radical (unpaired) electrons. The van der Waals surface area contributed by atoms with Gasteiger partial charge in [-0.25, -0.2) is 9.78 Å². The molecule has 1 heterocycles. The molecule has 0 spiro atoms. The quantitative estimate of drug-likeness (QED) is 0.732. The van der Waals surface area contributed by atoms with Gasteiger partial charge >= 0.3 is 5.97 Å². The highest BCUT2D eigenvalue weighted by Gasteiger charge is 2.19. The van der Waals surface area contributed by atoms with Crippen molar-refractivity contribution < 1.29 is 9.53 Å². The summed E-state index contributed by atoms with van der Waals surface area (Å²) in [5, 5.41) is 2.13. The van der Waals surface area contributed by atoms with Crippen molar-refractivity contribution in [3.05, 3.63) is 15.0 Å². The number of nitrogens with zero attached hydrogens (tertiary/aromatic N) is 1. The lowest BCUT2D eigenvalue weighted by Crippen LogP contribution is -2.23. The molecular weight excluding hydrogens is 254 g/mol. The topological polar surface area (TPSA) is 39.2 Å².